The van der Waals surface area contributed by atoms with Crippen LogP contribution in [0.25, 0.3) is 10.9 Å². The highest BCUT2D eigenvalue weighted by atomic mass is 79.9. The molecule has 2 rings (SSSR count). The molecule has 0 aliphatic heterocycles. The van der Waals surface area contributed by atoms with E-state index in [2.05, 4.69) is 15.9 Å². The monoisotopic (exact) mass is 353 g/mol. The van der Waals surface area contributed by atoms with Crippen molar-refractivity contribution in [3.8, 4) is 11.5 Å². The third-order valence-corrected chi connectivity index (χ3v) is 3.27. The number of aromatic nitrogens is 1. The number of esters is 2. The highest BCUT2D eigenvalue weighted by molar-refractivity contribution is 9.10. The van der Waals surface area contributed by atoms with Crippen molar-refractivity contribution in [2.75, 3.05) is 0 Å². The number of carbonyl (C=O) groups excluding carboxylic acids is 3. The lowest BCUT2D eigenvalue weighted by Crippen LogP contribution is -2.09. The largest absolute Gasteiger partial charge is 0.426 e. The molecule has 0 amide bonds. The number of carbonyl (C=O) groups is 3. The Balaban J connectivity index is 2.80. The third-order valence-electron chi connectivity index (χ3n) is 2.68. The molecule has 0 atom stereocenters. The lowest BCUT2D eigenvalue weighted by Gasteiger charge is -2.12. The number of rotatable bonds is 2. The fourth-order valence-corrected chi connectivity index (χ4v) is 2.45. The van der Waals surface area contributed by atoms with E-state index >= 15 is 0 Å². The lowest BCUT2D eigenvalue weighted by atomic mass is 10.2. The number of ether oxygens (including phenoxy) is 2. The highest BCUT2D eigenvalue weighted by Gasteiger charge is 2.20. The summed E-state index contributed by atoms with van der Waals surface area (Å²) >= 11 is 3.26. The fraction of sp³-hybridized carbons (Fsp3) is 0.214. The summed E-state index contributed by atoms with van der Waals surface area (Å²) < 4.78 is 12.0. The van der Waals surface area contributed by atoms with E-state index in [1.807, 2.05) is 0 Å². The Kier molecular flexibility index (Phi) is 4.13. The van der Waals surface area contributed by atoms with Gasteiger partial charge in [-0.2, -0.15) is 0 Å². The Labute approximate surface area is 128 Å². The van der Waals surface area contributed by atoms with Gasteiger partial charge in [0.05, 0.1) is 4.47 Å². The zero-order valence-corrected chi connectivity index (χ0v) is 13.2. The average Bonchev–Trinajstić information content (AvgIpc) is 2.77. The number of nitrogens with zero attached hydrogens (tertiary/aromatic N) is 1. The molecule has 21 heavy (non-hydrogen) atoms. The van der Waals surface area contributed by atoms with E-state index in [1.54, 1.807) is 6.07 Å². The highest BCUT2D eigenvalue weighted by Crippen LogP contribution is 2.40. The zero-order valence-electron chi connectivity index (χ0n) is 11.6. The summed E-state index contributed by atoms with van der Waals surface area (Å²) in [6.07, 6.45) is 1.53. The molecule has 2 aromatic rings. The van der Waals surface area contributed by atoms with Crippen molar-refractivity contribution in [3.05, 3.63) is 22.8 Å². The Hall–Kier alpha value is -2.15. The maximum absolute atomic E-state index is 11.7. The number of benzene rings is 1. The quantitative estimate of drug-likeness (QED) is 0.612. The number of halogens is 1. The molecule has 0 fully saturated rings. The summed E-state index contributed by atoms with van der Waals surface area (Å²) in [6.45, 7) is 3.92. The Morgan fingerprint density at radius 3 is 2.24 bits per heavy atom. The third kappa shape index (κ3) is 2.97. The van der Waals surface area contributed by atoms with Crippen LogP contribution in [0.1, 0.15) is 25.6 Å². The van der Waals surface area contributed by atoms with Crippen molar-refractivity contribution >= 4 is 44.7 Å². The van der Waals surface area contributed by atoms with Gasteiger partial charge in [-0.05, 0) is 28.1 Å². The van der Waals surface area contributed by atoms with Crippen LogP contribution in [-0.2, 0) is 9.59 Å². The first-order chi connectivity index (χ1) is 9.81. The molecule has 0 radical (unpaired) electrons. The van der Waals surface area contributed by atoms with Crippen LogP contribution in [0.2, 0.25) is 0 Å². The van der Waals surface area contributed by atoms with Gasteiger partial charge in [-0.3, -0.25) is 19.0 Å². The van der Waals surface area contributed by atoms with E-state index in [4.69, 9.17) is 9.47 Å². The molecule has 1 aromatic carbocycles. The van der Waals surface area contributed by atoms with Crippen LogP contribution in [-0.4, -0.2) is 22.4 Å². The molecule has 1 aromatic heterocycles. The van der Waals surface area contributed by atoms with Crippen molar-refractivity contribution in [1.29, 1.82) is 0 Å². The second kappa shape index (κ2) is 5.69. The van der Waals surface area contributed by atoms with Crippen molar-refractivity contribution in [3.63, 3.8) is 0 Å². The van der Waals surface area contributed by atoms with E-state index in [0.717, 1.165) is 0 Å². The average molecular weight is 354 g/mol. The van der Waals surface area contributed by atoms with Gasteiger partial charge in [0, 0.05) is 32.4 Å². The second-order valence-corrected chi connectivity index (χ2v) is 5.19. The van der Waals surface area contributed by atoms with Crippen molar-refractivity contribution < 1.29 is 23.9 Å². The Morgan fingerprint density at radius 1 is 1.10 bits per heavy atom. The minimum Gasteiger partial charge on any atom is -0.426 e. The van der Waals surface area contributed by atoms with Crippen LogP contribution in [0.15, 0.2) is 22.8 Å². The summed E-state index contributed by atoms with van der Waals surface area (Å²) in [7, 11) is 0. The van der Waals surface area contributed by atoms with Gasteiger partial charge in [0.15, 0.2) is 5.75 Å². The summed E-state index contributed by atoms with van der Waals surface area (Å²) in [5.41, 5.74) is 0.364. The van der Waals surface area contributed by atoms with Crippen LogP contribution < -0.4 is 9.47 Å². The molecular formula is C14H12BrNO5. The first-order valence-electron chi connectivity index (χ1n) is 6.02. The van der Waals surface area contributed by atoms with E-state index in [0.29, 0.717) is 15.4 Å². The normalized spacial score (nSPS) is 10.5. The second-order valence-electron chi connectivity index (χ2n) is 4.34. The first kappa shape index (κ1) is 15.2. The number of fused-ring (bicyclic) bond motifs is 1. The summed E-state index contributed by atoms with van der Waals surface area (Å²) in [6, 6.07) is 3.14. The van der Waals surface area contributed by atoms with E-state index < -0.39 is 11.9 Å². The van der Waals surface area contributed by atoms with E-state index in [1.165, 1.54) is 37.6 Å². The van der Waals surface area contributed by atoms with Gasteiger partial charge in [-0.15, -0.1) is 0 Å². The van der Waals surface area contributed by atoms with Gasteiger partial charge in [0.1, 0.15) is 11.3 Å². The maximum atomic E-state index is 11.7. The predicted molar refractivity (Wildman–Crippen MR) is 78.6 cm³/mol. The predicted octanol–water partition coefficient (Wildman–Crippen LogP) is 2.91. The molecule has 0 bridgehead atoms. The summed E-state index contributed by atoms with van der Waals surface area (Å²) in [5, 5.41) is 0.500. The smallest absolute Gasteiger partial charge is 0.308 e. The van der Waals surface area contributed by atoms with E-state index in [-0.39, 0.29) is 17.4 Å². The van der Waals surface area contributed by atoms with Crippen LogP contribution in [0.5, 0.6) is 11.5 Å². The van der Waals surface area contributed by atoms with Crippen LogP contribution in [0.4, 0.5) is 0 Å². The molecule has 0 saturated heterocycles. The number of hydrogen-bond acceptors (Lipinski definition) is 5. The molecule has 0 aliphatic rings. The molecule has 0 saturated carbocycles. The topological polar surface area (TPSA) is 74.6 Å². The van der Waals surface area contributed by atoms with Crippen LogP contribution in [0, 0.1) is 0 Å². The van der Waals surface area contributed by atoms with E-state index in [9.17, 15) is 14.4 Å². The molecule has 110 valence electrons. The van der Waals surface area contributed by atoms with Crippen molar-refractivity contribution in [2.45, 2.75) is 20.8 Å². The molecular weight excluding hydrogens is 342 g/mol. The minimum atomic E-state index is -0.520. The summed E-state index contributed by atoms with van der Waals surface area (Å²) in [5.74, 6) is -0.785. The standard InChI is InChI=1S/C14H12BrNO5/c1-7(17)16-5-4-10-12(20-8(2)18)6-11(15)14(13(10)16)21-9(3)19/h4-6H,1-3H3. The van der Waals surface area contributed by atoms with Gasteiger partial charge in [0.2, 0.25) is 5.91 Å². The Bertz CT molecular complexity index is 762. The molecule has 6 nitrogen and oxygen atoms in total. The van der Waals surface area contributed by atoms with Gasteiger partial charge in [0.25, 0.3) is 0 Å². The van der Waals surface area contributed by atoms with Gasteiger partial charge in [-0.25, -0.2) is 0 Å². The first-order valence-corrected chi connectivity index (χ1v) is 6.82. The Morgan fingerprint density at radius 2 is 1.71 bits per heavy atom. The molecule has 0 N–H and O–H groups in total. The minimum absolute atomic E-state index is 0.202. The zero-order chi connectivity index (χ0) is 15.7. The molecule has 0 unspecified atom stereocenters. The molecule has 0 aliphatic carbocycles. The number of hydrogen-bond donors (Lipinski definition) is 0. The SMILES string of the molecule is CC(=O)Oc1cc(Br)c(OC(C)=O)c2c1ccn2C(C)=O. The van der Waals surface area contributed by atoms with Gasteiger partial charge >= 0.3 is 11.9 Å². The molecule has 0 spiro atoms. The lowest BCUT2D eigenvalue weighted by molar-refractivity contribution is -0.133. The van der Waals surface area contributed by atoms with Crippen molar-refractivity contribution in [2.24, 2.45) is 0 Å². The van der Waals surface area contributed by atoms with Crippen LogP contribution >= 0.6 is 15.9 Å². The summed E-state index contributed by atoms with van der Waals surface area (Å²) in [4.78, 5) is 34.1. The van der Waals surface area contributed by atoms with Gasteiger partial charge in [-0.1, -0.05) is 0 Å². The van der Waals surface area contributed by atoms with Crippen LogP contribution in [0.3, 0.4) is 0 Å². The van der Waals surface area contributed by atoms with Crippen molar-refractivity contribution in [1.82, 2.24) is 4.57 Å². The molecule has 7 heteroatoms. The van der Waals surface area contributed by atoms with Gasteiger partial charge < -0.3 is 9.47 Å². The maximum Gasteiger partial charge on any atom is 0.308 e. The molecule has 1 heterocycles. The fourth-order valence-electron chi connectivity index (χ4n) is 1.98.